The minimum absolute atomic E-state index is 0.0341. The van der Waals surface area contributed by atoms with Crippen LogP contribution in [0.25, 0.3) is 0 Å². The van der Waals surface area contributed by atoms with Crippen LogP contribution in [0.2, 0.25) is 0 Å². The molecule has 6 nitrogen and oxygen atoms in total. The molecule has 0 aliphatic heterocycles. The molecule has 0 aliphatic rings. The minimum Gasteiger partial charge on any atom is -0.395 e. The molecular weight excluding hydrogens is 288 g/mol. The van der Waals surface area contributed by atoms with E-state index < -0.39 is 0 Å². The van der Waals surface area contributed by atoms with E-state index in [4.69, 9.17) is 5.11 Å². The van der Waals surface area contributed by atoms with E-state index in [0.29, 0.717) is 25.9 Å². The molecule has 0 bridgehead atoms. The zero-order chi connectivity index (χ0) is 14.9. The molecule has 0 aliphatic carbocycles. The molecule has 2 aromatic rings. The Morgan fingerprint density at radius 1 is 1.52 bits per heavy atom. The number of aromatic nitrogens is 3. The van der Waals surface area contributed by atoms with Gasteiger partial charge in [-0.1, -0.05) is 17.1 Å². The minimum atomic E-state index is -0.0341. The lowest BCUT2D eigenvalue weighted by atomic mass is 10.2. The van der Waals surface area contributed by atoms with Crippen molar-refractivity contribution in [1.82, 2.24) is 20.3 Å². The van der Waals surface area contributed by atoms with Crippen molar-refractivity contribution in [2.24, 2.45) is 0 Å². The number of amides is 1. The van der Waals surface area contributed by atoms with Gasteiger partial charge in [-0.2, -0.15) is 0 Å². The van der Waals surface area contributed by atoms with Crippen LogP contribution in [-0.4, -0.2) is 32.6 Å². The van der Waals surface area contributed by atoms with E-state index in [9.17, 15) is 4.79 Å². The lowest BCUT2D eigenvalue weighted by Crippen LogP contribution is -2.23. The molecule has 0 aromatic carbocycles. The van der Waals surface area contributed by atoms with Crippen LogP contribution in [0.15, 0.2) is 23.8 Å². The van der Waals surface area contributed by atoms with Crippen LogP contribution in [0.3, 0.4) is 0 Å². The fourth-order valence-electron chi connectivity index (χ4n) is 1.64. The van der Waals surface area contributed by atoms with Gasteiger partial charge in [0.25, 0.3) is 0 Å². The normalized spacial score (nSPS) is 9.95. The molecule has 0 unspecified atom stereocenters. The van der Waals surface area contributed by atoms with Crippen LogP contribution in [0.5, 0.6) is 0 Å². The van der Waals surface area contributed by atoms with Crippen molar-refractivity contribution in [3.8, 4) is 11.8 Å². The van der Waals surface area contributed by atoms with Crippen molar-refractivity contribution in [3.63, 3.8) is 0 Å². The zero-order valence-electron chi connectivity index (χ0n) is 11.5. The summed E-state index contributed by atoms with van der Waals surface area (Å²) in [6, 6.07) is 1.92. The quantitative estimate of drug-likeness (QED) is 0.773. The van der Waals surface area contributed by atoms with Gasteiger partial charge in [0, 0.05) is 29.5 Å². The van der Waals surface area contributed by atoms with E-state index in [-0.39, 0.29) is 12.5 Å². The molecule has 0 atom stereocenters. The second-order valence-corrected chi connectivity index (χ2v) is 5.23. The van der Waals surface area contributed by atoms with Crippen molar-refractivity contribution in [2.75, 3.05) is 6.61 Å². The number of nitrogens with one attached hydrogen (secondary N) is 1. The second kappa shape index (κ2) is 8.19. The Hall–Kier alpha value is -2.17. The lowest BCUT2D eigenvalue weighted by molar-refractivity contribution is -0.121. The summed E-state index contributed by atoms with van der Waals surface area (Å²) in [4.78, 5) is 12.8. The summed E-state index contributed by atoms with van der Waals surface area (Å²) in [6.45, 7) is 1.04. The van der Waals surface area contributed by atoms with Crippen LogP contribution in [0.4, 0.5) is 0 Å². The molecule has 0 fully saturated rings. The van der Waals surface area contributed by atoms with Gasteiger partial charge >= 0.3 is 0 Å². The average Bonchev–Trinajstić information content (AvgIpc) is 3.15. The van der Waals surface area contributed by atoms with Gasteiger partial charge in [-0.15, -0.1) is 16.4 Å². The van der Waals surface area contributed by atoms with Gasteiger partial charge in [0.15, 0.2) is 0 Å². The Labute approximate surface area is 126 Å². The molecular formula is C14H16N4O2S. The molecule has 21 heavy (non-hydrogen) atoms. The van der Waals surface area contributed by atoms with Crippen molar-refractivity contribution in [3.05, 3.63) is 34.3 Å². The third kappa shape index (κ3) is 5.02. The van der Waals surface area contributed by atoms with E-state index in [1.165, 1.54) is 0 Å². The number of nitrogens with zero attached hydrogens (tertiary/aromatic N) is 3. The Morgan fingerprint density at radius 3 is 3.19 bits per heavy atom. The highest BCUT2D eigenvalue weighted by Crippen LogP contribution is 2.15. The summed E-state index contributed by atoms with van der Waals surface area (Å²) in [6.07, 6.45) is 4.13. The van der Waals surface area contributed by atoms with Crippen LogP contribution >= 0.6 is 11.3 Å². The van der Waals surface area contributed by atoms with Crippen molar-refractivity contribution >= 4 is 17.2 Å². The van der Waals surface area contributed by atoms with Gasteiger partial charge in [-0.05, 0) is 11.4 Å². The van der Waals surface area contributed by atoms with Gasteiger partial charge in [0.2, 0.25) is 5.91 Å². The monoisotopic (exact) mass is 304 g/mol. The molecule has 0 spiro atoms. The molecule has 0 saturated carbocycles. The number of aryl methyl sites for hydroxylation is 1. The molecule has 2 heterocycles. The van der Waals surface area contributed by atoms with Crippen LogP contribution in [0, 0.1) is 11.8 Å². The zero-order valence-corrected chi connectivity index (χ0v) is 12.3. The Kier molecular flexibility index (Phi) is 5.94. The van der Waals surface area contributed by atoms with Crippen molar-refractivity contribution < 1.29 is 9.90 Å². The topological polar surface area (TPSA) is 80.0 Å². The molecule has 0 saturated heterocycles. The van der Waals surface area contributed by atoms with Gasteiger partial charge < -0.3 is 10.4 Å². The smallest absolute Gasteiger partial charge is 0.222 e. The summed E-state index contributed by atoms with van der Waals surface area (Å²) in [5.74, 6) is 5.85. The second-order valence-electron chi connectivity index (χ2n) is 4.23. The summed E-state index contributed by atoms with van der Waals surface area (Å²) >= 11 is 1.56. The first-order valence-corrected chi connectivity index (χ1v) is 7.44. The highest BCUT2D eigenvalue weighted by atomic mass is 32.1. The Balaban J connectivity index is 1.79. The summed E-state index contributed by atoms with van der Waals surface area (Å²) in [5.41, 5.74) is 0.907. The van der Waals surface area contributed by atoms with Gasteiger partial charge in [-0.25, -0.2) is 0 Å². The third-order valence-corrected chi connectivity index (χ3v) is 3.61. The number of aliphatic hydroxyl groups is 1. The van der Waals surface area contributed by atoms with Gasteiger partial charge in [0.1, 0.15) is 0 Å². The van der Waals surface area contributed by atoms with Crippen molar-refractivity contribution in [1.29, 1.82) is 0 Å². The van der Waals surface area contributed by atoms with E-state index in [1.807, 2.05) is 11.4 Å². The summed E-state index contributed by atoms with van der Waals surface area (Å²) in [7, 11) is 0. The first-order valence-electron chi connectivity index (χ1n) is 6.56. The number of carbonyl (C=O) groups excluding carboxylic acids is 1. The molecule has 2 N–H and O–H groups in total. The first kappa shape index (κ1) is 15.2. The lowest BCUT2D eigenvalue weighted by Gasteiger charge is -2.04. The maximum Gasteiger partial charge on any atom is 0.222 e. The maximum absolute atomic E-state index is 11.8. The SMILES string of the molecule is O=C(CCn1ccnn1)NCc1sccc1C#CCCO. The van der Waals surface area contributed by atoms with Crippen molar-refractivity contribution in [2.45, 2.75) is 25.9 Å². The highest BCUT2D eigenvalue weighted by molar-refractivity contribution is 7.10. The highest BCUT2D eigenvalue weighted by Gasteiger charge is 2.06. The van der Waals surface area contributed by atoms with Crippen LogP contribution in [-0.2, 0) is 17.9 Å². The molecule has 0 radical (unpaired) electrons. The number of hydrogen-bond acceptors (Lipinski definition) is 5. The predicted octanol–water partition coefficient (Wildman–Crippen LogP) is 0.780. The maximum atomic E-state index is 11.8. The Bertz CT molecular complexity index is 625. The average molecular weight is 304 g/mol. The summed E-state index contributed by atoms with van der Waals surface area (Å²) < 4.78 is 1.62. The standard InChI is InChI=1S/C14H16N4O2S/c19-9-2-1-3-12-5-10-21-13(12)11-15-14(20)4-7-18-8-6-16-17-18/h5-6,8,10,19H,2,4,7,9,11H2,(H,15,20). The fourth-order valence-corrected chi connectivity index (χ4v) is 2.41. The molecule has 1 amide bonds. The molecule has 110 valence electrons. The Morgan fingerprint density at radius 2 is 2.43 bits per heavy atom. The van der Waals surface area contributed by atoms with E-state index in [1.54, 1.807) is 28.4 Å². The van der Waals surface area contributed by atoms with Gasteiger partial charge in [-0.3, -0.25) is 9.48 Å². The number of aliphatic hydroxyl groups excluding tert-OH is 1. The fraction of sp³-hybridized carbons (Fsp3) is 0.357. The molecule has 2 rings (SSSR count). The van der Waals surface area contributed by atoms with Crippen LogP contribution in [0.1, 0.15) is 23.3 Å². The van der Waals surface area contributed by atoms with E-state index in [0.717, 1.165) is 10.4 Å². The van der Waals surface area contributed by atoms with E-state index in [2.05, 4.69) is 27.5 Å². The predicted molar refractivity (Wildman–Crippen MR) is 79.4 cm³/mol. The molecule has 2 aromatic heterocycles. The number of hydrogen-bond donors (Lipinski definition) is 2. The first-order chi connectivity index (χ1) is 10.3. The van der Waals surface area contributed by atoms with Crippen LogP contribution < -0.4 is 5.32 Å². The van der Waals surface area contributed by atoms with E-state index >= 15 is 0 Å². The number of carbonyl (C=O) groups is 1. The number of thiophene rings is 1. The number of rotatable bonds is 6. The van der Waals surface area contributed by atoms with Gasteiger partial charge in [0.05, 0.1) is 25.9 Å². The summed E-state index contributed by atoms with van der Waals surface area (Å²) in [5, 5.41) is 21.0. The third-order valence-electron chi connectivity index (χ3n) is 2.69. The largest absolute Gasteiger partial charge is 0.395 e. The molecule has 7 heteroatoms.